The highest BCUT2D eigenvalue weighted by Crippen LogP contribution is 2.38. The molecule has 0 N–H and O–H groups in total. The van der Waals surface area contributed by atoms with Gasteiger partial charge in [-0.25, -0.2) is 0 Å². The second-order valence-corrected chi connectivity index (χ2v) is 5.55. The molecule has 18 heavy (non-hydrogen) atoms. The third-order valence-electron chi connectivity index (χ3n) is 2.81. The molecule has 1 heterocycles. The van der Waals surface area contributed by atoms with Crippen LogP contribution in [0.1, 0.15) is 21.5 Å². The van der Waals surface area contributed by atoms with E-state index in [2.05, 4.69) is 12.2 Å². The van der Waals surface area contributed by atoms with Gasteiger partial charge in [0.15, 0.2) is 0 Å². The summed E-state index contributed by atoms with van der Waals surface area (Å²) >= 11 is 7.66. The number of hydrogen-bond donors (Lipinski definition) is 0. The Morgan fingerprint density at radius 3 is 2.61 bits per heavy atom. The molecule has 2 aromatic carbocycles. The van der Waals surface area contributed by atoms with E-state index in [0.717, 1.165) is 32.2 Å². The molecule has 1 aliphatic heterocycles. The van der Waals surface area contributed by atoms with Crippen molar-refractivity contribution in [2.45, 2.75) is 9.79 Å². The molecule has 0 amide bonds. The van der Waals surface area contributed by atoms with Crippen molar-refractivity contribution >= 4 is 41.8 Å². The van der Waals surface area contributed by atoms with Crippen LogP contribution in [-0.4, -0.2) is 6.29 Å². The molecule has 0 unspecified atom stereocenters. The van der Waals surface area contributed by atoms with Crippen molar-refractivity contribution in [2.24, 2.45) is 0 Å². The fourth-order valence-corrected chi connectivity index (χ4v) is 3.14. The molecule has 3 rings (SSSR count). The van der Waals surface area contributed by atoms with Gasteiger partial charge in [0.05, 0.1) is 0 Å². The van der Waals surface area contributed by atoms with Gasteiger partial charge in [-0.05, 0) is 35.4 Å². The number of aldehydes is 1. The monoisotopic (exact) mass is 272 g/mol. The molecule has 1 aliphatic rings. The van der Waals surface area contributed by atoms with E-state index < -0.39 is 0 Å². The van der Waals surface area contributed by atoms with Gasteiger partial charge in [0.2, 0.25) is 0 Å². The van der Waals surface area contributed by atoms with Gasteiger partial charge in [-0.15, -0.1) is 0 Å². The van der Waals surface area contributed by atoms with Crippen molar-refractivity contribution in [3.8, 4) is 0 Å². The fraction of sp³-hybridized carbons (Fsp3) is 0. The van der Waals surface area contributed by atoms with Crippen molar-refractivity contribution < 1.29 is 4.79 Å². The van der Waals surface area contributed by atoms with Crippen LogP contribution in [0.3, 0.4) is 0 Å². The molecule has 88 valence electrons. The Morgan fingerprint density at radius 1 is 0.944 bits per heavy atom. The van der Waals surface area contributed by atoms with Crippen LogP contribution in [0, 0.1) is 0 Å². The summed E-state index contributed by atoms with van der Waals surface area (Å²) in [5.41, 5.74) is 2.93. The topological polar surface area (TPSA) is 17.1 Å². The highest BCUT2D eigenvalue weighted by Gasteiger charge is 2.10. The van der Waals surface area contributed by atoms with Crippen LogP contribution in [0.25, 0.3) is 12.2 Å². The van der Waals surface area contributed by atoms with E-state index in [1.54, 1.807) is 11.8 Å². The molecular weight excluding hydrogens is 264 g/mol. The summed E-state index contributed by atoms with van der Waals surface area (Å²) in [6.07, 6.45) is 4.98. The summed E-state index contributed by atoms with van der Waals surface area (Å²) in [6, 6.07) is 11.6. The minimum Gasteiger partial charge on any atom is -0.298 e. The van der Waals surface area contributed by atoms with Gasteiger partial charge >= 0.3 is 0 Å². The van der Waals surface area contributed by atoms with E-state index in [1.807, 2.05) is 36.4 Å². The lowest BCUT2D eigenvalue weighted by molar-refractivity contribution is 0.112. The van der Waals surface area contributed by atoms with Gasteiger partial charge in [-0.3, -0.25) is 4.79 Å². The third-order valence-corrected chi connectivity index (χ3v) is 4.21. The highest BCUT2D eigenvalue weighted by molar-refractivity contribution is 7.99. The number of carbonyl (C=O) groups is 1. The van der Waals surface area contributed by atoms with Crippen LogP contribution in [0.15, 0.2) is 46.2 Å². The molecule has 0 saturated heterocycles. The summed E-state index contributed by atoms with van der Waals surface area (Å²) < 4.78 is 0. The lowest BCUT2D eigenvalue weighted by Gasteiger charge is -2.06. The number of fused-ring (bicyclic) bond motifs is 2. The van der Waals surface area contributed by atoms with Crippen molar-refractivity contribution in [1.29, 1.82) is 0 Å². The van der Waals surface area contributed by atoms with E-state index in [1.165, 1.54) is 0 Å². The third kappa shape index (κ3) is 2.09. The number of carbonyl (C=O) groups excluding carboxylic acids is 1. The van der Waals surface area contributed by atoms with E-state index in [4.69, 9.17) is 11.6 Å². The van der Waals surface area contributed by atoms with Crippen molar-refractivity contribution in [2.75, 3.05) is 0 Å². The number of rotatable bonds is 1. The number of hydrogen-bond acceptors (Lipinski definition) is 2. The lowest BCUT2D eigenvalue weighted by Crippen LogP contribution is -1.84. The van der Waals surface area contributed by atoms with Gasteiger partial charge in [-0.2, -0.15) is 0 Å². The molecule has 0 fully saturated rings. The largest absolute Gasteiger partial charge is 0.298 e. The number of halogens is 1. The quantitative estimate of drug-likeness (QED) is 0.593. The van der Waals surface area contributed by atoms with Gasteiger partial charge in [0.25, 0.3) is 0 Å². The Labute approximate surface area is 114 Å². The van der Waals surface area contributed by atoms with E-state index >= 15 is 0 Å². The Morgan fingerprint density at radius 2 is 1.78 bits per heavy atom. The summed E-state index contributed by atoms with van der Waals surface area (Å²) in [5, 5.41) is 0.735. The van der Waals surface area contributed by atoms with Gasteiger partial charge in [-0.1, -0.05) is 47.6 Å². The molecule has 0 bridgehead atoms. The first-order valence-electron chi connectivity index (χ1n) is 5.51. The predicted molar refractivity (Wildman–Crippen MR) is 76.3 cm³/mol. The molecule has 1 nitrogen and oxygen atoms in total. The molecule has 0 spiro atoms. The first-order chi connectivity index (χ1) is 8.76. The zero-order chi connectivity index (χ0) is 12.5. The standard InChI is InChI=1S/C15H9ClOS/c16-13-5-6-14-12(8-13)4-3-11-2-1-10(9-17)7-15(11)18-14/h1-9H. The van der Waals surface area contributed by atoms with Crippen molar-refractivity contribution in [1.82, 2.24) is 0 Å². The SMILES string of the molecule is O=Cc1ccc2c(c1)Sc1ccc(Cl)cc1C=C2. The molecule has 3 heteroatoms. The minimum atomic E-state index is 0.701. The van der Waals surface area contributed by atoms with Gasteiger partial charge in [0, 0.05) is 20.4 Å². The predicted octanol–water partition coefficient (Wildman–Crippen LogP) is 4.79. The zero-order valence-electron chi connectivity index (χ0n) is 9.39. The highest BCUT2D eigenvalue weighted by atomic mass is 35.5. The number of benzene rings is 2. The normalized spacial score (nSPS) is 12.5. The summed E-state index contributed by atoms with van der Waals surface area (Å²) in [4.78, 5) is 13.1. The van der Waals surface area contributed by atoms with Crippen LogP contribution >= 0.6 is 23.4 Å². The van der Waals surface area contributed by atoms with Crippen LogP contribution in [-0.2, 0) is 0 Å². The summed E-state index contributed by atoms with van der Waals surface area (Å²) in [5.74, 6) is 0. The molecular formula is C15H9ClOS. The summed E-state index contributed by atoms with van der Waals surface area (Å²) in [7, 11) is 0. The Balaban J connectivity index is 2.14. The molecule has 2 aromatic rings. The first-order valence-corrected chi connectivity index (χ1v) is 6.70. The molecule has 0 saturated carbocycles. The van der Waals surface area contributed by atoms with E-state index in [9.17, 15) is 4.79 Å². The second kappa shape index (κ2) is 4.63. The van der Waals surface area contributed by atoms with Crippen LogP contribution in [0.2, 0.25) is 5.02 Å². The minimum absolute atomic E-state index is 0.701. The van der Waals surface area contributed by atoms with Crippen molar-refractivity contribution in [3.63, 3.8) is 0 Å². The van der Waals surface area contributed by atoms with E-state index in [0.29, 0.717) is 5.56 Å². The Hall–Kier alpha value is -1.51. The van der Waals surface area contributed by atoms with Crippen molar-refractivity contribution in [3.05, 3.63) is 58.1 Å². The fourth-order valence-electron chi connectivity index (χ4n) is 1.89. The second-order valence-electron chi connectivity index (χ2n) is 4.03. The average Bonchev–Trinajstić information content (AvgIpc) is 2.56. The maximum absolute atomic E-state index is 10.8. The first kappa shape index (κ1) is 11.6. The maximum Gasteiger partial charge on any atom is 0.150 e. The van der Waals surface area contributed by atoms with E-state index in [-0.39, 0.29) is 0 Å². The van der Waals surface area contributed by atoms with Crippen LogP contribution < -0.4 is 0 Å². The van der Waals surface area contributed by atoms with Crippen LogP contribution in [0.4, 0.5) is 0 Å². The maximum atomic E-state index is 10.8. The molecule has 0 aromatic heterocycles. The smallest absolute Gasteiger partial charge is 0.150 e. The Kier molecular flexibility index (Phi) is 2.98. The Bertz CT molecular complexity index is 662. The summed E-state index contributed by atoms with van der Waals surface area (Å²) in [6.45, 7) is 0. The molecule has 0 aliphatic carbocycles. The molecule has 0 radical (unpaired) electrons. The lowest BCUT2D eigenvalue weighted by atomic mass is 10.1. The zero-order valence-corrected chi connectivity index (χ0v) is 11.0. The van der Waals surface area contributed by atoms with Crippen LogP contribution in [0.5, 0.6) is 0 Å². The van der Waals surface area contributed by atoms with Gasteiger partial charge in [0.1, 0.15) is 6.29 Å². The van der Waals surface area contributed by atoms with Gasteiger partial charge < -0.3 is 0 Å². The average molecular weight is 273 g/mol. The molecule has 0 atom stereocenters.